The van der Waals surface area contributed by atoms with Gasteiger partial charge in [-0.2, -0.15) is 0 Å². The largest absolute Gasteiger partial charge is 0.494 e. The highest BCUT2D eigenvalue weighted by molar-refractivity contribution is 7.13. The molecule has 0 atom stereocenters. The van der Waals surface area contributed by atoms with Crippen LogP contribution in [0.15, 0.2) is 29.6 Å². The number of nitrogens with one attached hydrogen (secondary N) is 1. The summed E-state index contributed by atoms with van der Waals surface area (Å²) < 4.78 is 5.69. The third-order valence-electron chi connectivity index (χ3n) is 2.74. The lowest BCUT2D eigenvalue weighted by Crippen LogP contribution is -2.16. The summed E-state index contributed by atoms with van der Waals surface area (Å²) in [5, 5.41) is 6.42. The molecule has 0 aliphatic heterocycles. The summed E-state index contributed by atoms with van der Waals surface area (Å²) >= 11 is 1.68. The SMILES string of the molecule is CCNCCCOc1ccc(-c2nc(C)cs2)cc1. The fraction of sp³-hybridized carbons (Fsp3) is 0.400. The maximum absolute atomic E-state index is 5.69. The molecular weight excluding hydrogens is 256 g/mol. The molecule has 0 aliphatic carbocycles. The average Bonchev–Trinajstić information content (AvgIpc) is 2.86. The Labute approximate surface area is 118 Å². The number of rotatable bonds is 7. The van der Waals surface area contributed by atoms with Crippen molar-refractivity contribution in [2.24, 2.45) is 0 Å². The maximum atomic E-state index is 5.69. The minimum Gasteiger partial charge on any atom is -0.494 e. The third kappa shape index (κ3) is 4.33. The predicted octanol–water partition coefficient (Wildman–Crippen LogP) is 3.50. The van der Waals surface area contributed by atoms with Crippen molar-refractivity contribution in [3.05, 3.63) is 35.3 Å². The van der Waals surface area contributed by atoms with E-state index in [0.717, 1.165) is 48.1 Å². The molecule has 0 spiro atoms. The van der Waals surface area contributed by atoms with Crippen LogP contribution in [0.2, 0.25) is 0 Å². The van der Waals surface area contributed by atoms with E-state index in [1.165, 1.54) is 0 Å². The van der Waals surface area contributed by atoms with Gasteiger partial charge in [-0.15, -0.1) is 11.3 Å². The Morgan fingerprint density at radius 3 is 2.68 bits per heavy atom. The molecule has 1 N–H and O–H groups in total. The van der Waals surface area contributed by atoms with Gasteiger partial charge in [0, 0.05) is 16.6 Å². The van der Waals surface area contributed by atoms with Gasteiger partial charge < -0.3 is 10.1 Å². The zero-order valence-electron chi connectivity index (χ0n) is 11.5. The predicted molar refractivity (Wildman–Crippen MR) is 80.9 cm³/mol. The van der Waals surface area contributed by atoms with Gasteiger partial charge >= 0.3 is 0 Å². The minimum absolute atomic E-state index is 0.753. The molecule has 2 rings (SSSR count). The maximum Gasteiger partial charge on any atom is 0.123 e. The molecule has 0 fully saturated rings. The van der Waals surface area contributed by atoms with Crippen LogP contribution in [-0.4, -0.2) is 24.7 Å². The van der Waals surface area contributed by atoms with Crippen molar-refractivity contribution in [2.45, 2.75) is 20.3 Å². The molecule has 3 nitrogen and oxygen atoms in total. The Bertz CT molecular complexity index is 493. The highest BCUT2D eigenvalue weighted by Gasteiger charge is 2.02. The number of aromatic nitrogens is 1. The molecular formula is C15H20N2OS. The molecule has 19 heavy (non-hydrogen) atoms. The van der Waals surface area contributed by atoms with E-state index in [1.54, 1.807) is 11.3 Å². The van der Waals surface area contributed by atoms with Crippen molar-refractivity contribution in [1.29, 1.82) is 0 Å². The summed E-state index contributed by atoms with van der Waals surface area (Å²) in [5.74, 6) is 0.925. The monoisotopic (exact) mass is 276 g/mol. The topological polar surface area (TPSA) is 34.1 Å². The molecule has 0 saturated heterocycles. The van der Waals surface area contributed by atoms with Crippen LogP contribution in [0.1, 0.15) is 19.0 Å². The molecule has 102 valence electrons. The van der Waals surface area contributed by atoms with Gasteiger partial charge in [-0.3, -0.25) is 0 Å². The Hall–Kier alpha value is -1.39. The van der Waals surface area contributed by atoms with Crippen LogP contribution in [0.25, 0.3) is 10.6 Å². The van der Waals surface area contributed by atoms with Crippen LogP contribution in [0.4, 0.5) is 0 Å². The van der Waals surface area contributed by atoms with E-state index in [1.807, 2.05) is 19.1 Å². The smallest absolute Gasteiger partial charge is 0.123 e. The second-order valence-corrected chi connectivity index (χ2v) is 5.23. The van der Waals surface area contributed by atoms with Gasteiger partial charge in [0.15, 0.2) is 0 Å². The average molecular weight is 276 g/mol. The zero-order chi connectivity index (χ0) is 13.5. The first-order chi connectivity index (χ1) is 9.29. The van der Waals surface area contributed by atoms with Crippen molar-refractivity contribution in [3.8, 4) is 16.3 Å². The first-order valence-corrected chi connectivity index (χ1v) is 7.53. The van der Waals surface area contributed by atoms with Crippen LogP contribution in [0.3, 0.4) is 0 Å². The molecule has 0 saturated carbocycles. The molecule has 0 radical (unpaired) electrons. The van der Waals surface area contributed by atoms with Crippen molar-refractivity contribution in [2.75, 3.05) is 19.7 Å². The molecule has 2 aromatic rings. The molecule has 0 aliphatic rings. The summed E-state index contributed by atoms with van der Waals surface area (Å²) in [6.45, 7) is 6.90. The second-order valence-electron chi connectivity index (χ2n) is 4.37. The van der Waals surface area contributed by atoms with Gasteiger partial charge in [0.05, 0.1) is 6.61 Å². The Kier molecular flexibility index (Phi) is 5.36. The van der Waals surface area contributed by atoms with Gasteiger partial charge in [-0.25, -0.2) is 4.98 Å². The first-order valence-electron chi connectivity index (χ1n) is 6.65. The lowest BCUT2D eigenvalue weighted by molar-refractivity contribution is 0.309. The standard InChI is InChI=1S/C15H20N2OS/c1-3-16-9-4-10-18-14-7-5-13(6-8-14)15-17-12(2)11-19-15/h5-8,11,16H,3-4,9-10H2,1-2H3. The van der Waals surface area contributed by atoms with Gasteiger partial charge in [-0.1, -0.05) is 6.92 Å². The Morgan fingerprint density at radius 2 is 2.05 bits per heavy atom. The molecule has 4 heteroatoms. The van der Waals surface area contributed by atoms with Crippen LogP contribution < -0.4 is 10.1 Å². The Balaban J connectivity index is 1.85. The van der Waals surface area contributed by atoms with Crippen LogP contribution in [0.5, 0.6) is 5.75 Å². The van der Waals surface area contributed by atoms with E-state index < -0.39 is 0 Å². The minimum atomic E-state index is 0.753. The van der Waals surface area contributed by atoms with Gasteiger partial charge in [0.2, 0.25) is 0 Å². The van der Waals surface area contributed by atoms with Crippen LogP contribution >= 0.6 is 11.3 Å². The number of benzene rings is 1. The van der Waals surface area contributed by atoms with Crippen molar-refractivity contribution in [3.63, 3.8) is 0 Å². The van der Waals surface area contributed by atoms with E-state index in [0.29, 0.717) is 0 Å². The summed E-state index contributed by atoms with van der Waals surface area (Å²) in [5.41, 5.74) is 2.22. The summed E-state index contributed by atoms with van der Waals surface area (Å²) in [7, 11) is 0. The number of aryl methyl sites for hydroxylation is 1. The zero-order valence-corrected chi connectivity index (χ0v) is 12.3. The number of hydrogen-bond acceptors (Lipinski definition) is 4. The van der Waals surface area contributed by atoms with E-state index in [4.69, 9.17) is 4.74 Å². The van der Waals surface area contributed by atoms with E-state index >= 15 is 0 Å². The van der Waals surface area contributed by atoms with Crippen LogP contribution in [-0.2, 0) is 0 Å². The molecule has 1 aromatic heterocycles. The molecule has 1 heterocycles. The Morgan fingerprint density at radius 1 is 1.26 bits per heavy atom. The second kappa shape index (κ2) is 7.26. The summed E-state index contributed by atoms with van der Waals surface area (Å²) in [4.78, 5) is 4.48. The number of hydrogen-bond donors (Lipinski definition) is 1. The number of thiazole rings is 1. The lowest BCUT2D eigenvalue weighted by Gasteiger charge is -2.06. The molecule has 1 aromatic carbocycles. The van der Waals surface area contributed by atoms with E-state index in [-0.39, 0.29) is 0 Å². The molecule has 0 bridgehead atoms. The number of ether oxygens (including phenoxy) is 1. The molecule has 0 unspecified atom stereocenters. The first kappa shape index (κ1) is 14.0. The summed E-state index contributed by atoms with van der Waals surface area (Å²) in [6.07, 6.45) is 1.03. The van der Waals surface area contributed by atoms with Crippen molar-refractivity contribution >= 4 is 11.3 Å². The van der Waals surface area contributed by atoms with Gasteiger partial charge in [0.1, 0.15) is 10.8 Å². The fourth-order valence-electron chi connectivity index (χ4n) is 1.74. The number of nitrogens with zero attached hydrogens (tertiary/aromatic N) is 1. The van der Waals surface area contributed by atoms with Crippen molar-refractivity contribution in [1.82, 2.24) is 10.3 Å². The van der Waals surface area contributed by atoms with Gasteiger partial charge in [0.25, 0.3) is 0 Å². The van der Waals surface area contributed by atoms with Crippen molar-refractivity contribution < 1.29 is 4.74 Å². The molecule has 0 amide bonds. The van der Waals surface area contributed by atoms with E-state index in [2.05, 4.69) is 34.7 Å². The lowest BCUT2D eigenvalue weighted by atomic mass is 10.2. The fourth-order valence-corrected chi connectivity index (χ4v) is 2.55. The van der Waals surface area contributed by atoms with Crippen LogP contribution in [0, 0.1) is 6.92 Å². The summed E-state index contributed by atoms with van der Waals surface area (Å²) in [6, 6.07) is 8.16. The highest BCUT2D eigenvalue weighted by Crippen LogP contribution is 2.25. The van der Waals surface area contributed by atoms with Gasteiger partial charge in [-0.05, 0) is 50.7 Å². The highest BCUT2D eigenvalue weighted by atomic mass is 32.1. The van der Waals surface area contributed by atoms with E-state index in [9.17, 15) is 0 Å². The quantitative estimate of drug-likeness (QED) is 0.786. The normalized spacial score (nSPS) is 10.6. The third-order valence-corrected chi connectivity index (χ3v) is 3.75.